The fourth-order valence-electron chi connectivity index (χ4n) is 5.78. The number of benzene rings is 2. The van der Waals surface area contributed by atoms with E-state index in [1.807, 2.05) is 30.3 Å². The van der Waals surface area contributed by atoms with Gasteiger partial charge in [-0.1, -0.05) is 30.3 Å². The van der Waals surface area contributed by atoms with Crippen molar-refractivity contribution in [3.63, 3.8) is 0 Å². The first-order valence-corrected chi connectivity index (χ1v) is 12.0. The Hall–Kier alpha value is -2.61. The van der Waals surface area contributed by atoms with Gasteiger partial charge in [-0.2, -0.15) is 0 Å². The molecule has 3 heterocycles. The highest BCUT2D eigenvalue weighted by molar-refractivity contribution is 7.25. The lowest BCUT2D eigenvalue weighted by Gasteiger charge is -2.32. The van der Waals surface area contributed by atoms with E-state index in [1.165, 1.54) is 27.0 Å². The number of nitrogens with zero attached hydrogens (tertiary/aromatic N) is 1. The summed E-state index contributed by atoms with van der Waals surface area (Å²) < 4.78 is 8.63. The molecule has 1 unspecified atom stereocenters. The standard InChI is InChI=1S/C25H25N3O3S.ClH/c1-31-19-7-4-6-16-15(19)10-9-14-13-26-18(21(14)16)11-12-28-24(29)23-22(27-25(28)30)17-5-2-3-8-20(17)32-23;/h2-8,14,18,21,26H,9-13H2,1H3,(H,27,30);1H/t14-,18?,21+;/m1./s1. The van der Waals surface area contributed by atoms with E-state index >= 15 is 0 Å². The molecule has 1 aliphatic heterocycles. The van der Waals surface area contributed by atoms with Gasteiger partial charge in [0, 0.05) is 28.6 Å². The fraction of sp³-hybridized carbons (Fsp3) is 0.360. The monoisotopic (exact) mass is 483 g/mol. The minimum Gasteiger partial charge on any atom is -0.496 e. The Morgan fingerprint density at radius 1 is 1.15 bits per heavy atom. The molecule has 1 aliphatic carbocycles. The van der Waals surface area contributed by atoms with Crippen LogP contribution >= 0.6 is 23.7 Å². The Bertz CT molecular complexity index is 1460. The van der Waals surface area contributed by atoms with Gasteiger partial charge in [-0.25, -0.2) is 4.79 Å². The predicted octanol–water partition coefficient (Wildman–Crippen LogP) is 4.04. The van der Waals surface area contributed by atoms with E-state index in [9.17, 15) is 9.59 Å². The molecule has 1 fully saturated rings. The lowest BCUT2D eigenvalue weighted by Crippen LogP contribution is -2.37. The summed E-state index contributed by atoms with van der Waals surface area (Å²) in [7, 11) is 1.73. The molecule has 3 atom stereocenters. The van der Waals surface area contributed by atoms with Crippen LogP contribution in [0.3, 0.4) is 0 Å². The number of thiophene rings is 1. The van der Waals surface area contributed by atoms with E-state index in [4.69, 9.17) is 4.74 Å². The molecule has 0 amide bonds. The van der Waals surface area contributed by atoms with Crippen molar-refractivity contribution in [1.29, 1.82) is 0 Å². The number of aromatic nitrogens is 2. The average molecular weight is 484 g/mol. The zero-order chi connectivity index (χ0) is 21.8. The SMILES string of the molecule is COc1cccc2c1CC[C@@H]1CNC(CCn3c(=O)[nH]c4c(sc5ccccc54)c3=O)[C@H]21.Cl. The molecular weight excluding hydrogens is 458 g/mol. The fourth-order valence-corrected chi connectivity index (χ4v) is 6.89. The second kappa shape index (κ2) is 8.63. The van der Waals surface area contributed by atoms with Crippen molar-refractivity contribution in [3.8, 4) is 5.75 Å². The summed E-state index contributed by atoms with van der Waals surface area (Å²) in [5.41, 5.74) is 2.81. The molecule has 2 N–H and O–H groups in total. The van der Waals surface area contributed by atoms with Crippen molar-refractivity contribution in [3.05, 3.63) is 74.4 Å². The Balaban J connectivity index is 0.00000228. The molecule has 6 nitrogen and oxygen atoms in total. The van der Waals surface area contributed by atoms with Gasteiger partial charge in [0.1, 0.15) is 10.4 Å². The van der Waals surface area contributed by atoms with Gasteiger partial charge in [-0.3, -0.25) is 9.36 Å². The lowest BCUT2D eigenvalue weighted by molar-refractivity contribution is 0.371. The van der Waals surface area contributed by atoms with Crippen LogP contribution in [0.5, 0.6) is 5.75 Å². The van der Waals surface area contributed by atoms with E-state index in [0.29, 0.717) is 28.6 Å². The Kier molecular flexibility index (Phi) is 5.80. The second-order valence-electron chi connectivity index (χ2n) is 8.85. The third-order valence-electron chi connectivity index (χ3n) is 7.27. The highest BCUT2D eigenvalue weighted by Gasteiger charge is 2.40. The summed E-state index contributed by atoms with van der Waals surface area (Å²) >= 11 is 1.45. The van der Waals surface area contributed by atoms with Crippen LogP contribution in [0.25, 0.3) is 20.3 Å². The number of ether oxygens (including phenoxy) is 1. The normalized spacial score (nSPS) is 21.5. The minimum atomic E-state index is -0.327. The Morgan fingerprint density at radius 2 is 2.00 bits per heavy atom. The van der Waals surface area contributed by atoms with Gasteiger partial charge in [0.05, 0.1) is 12.6 Å². The lowest BCUT2D eigenvalue weighted by atomic mass is 9.73. The van der Waals surface area contributed by atoms with Crippen molar-refractivity contribution in [2.75, 3.05) is 13.7 Å². The zero-order valence-electron chi connectivity index (χ0n) is 18.3. The van der Waals surface area contributed by atoms with E-state index in [0.717, 1.165) is 41.6 Å². The van der Waals surface area contributed by atoms with Gasteiger partial charge in [0.25, 0.3) is 5.56 Å². The Morgan fingerprint density at radius 3 is 2.85 bits per heavy atom. The quantitative estimate of drug-likeness (QED) is 0.459. The van der Waals surface area contributed by atoms with E-state index < -0.39 is 0 Å². The first kappa shape index (κ1) is 22.2. The average Bonchev–Trinajstić information content (AvgIpc) is 3.40. The van der Waals surface area contributed by atoms with Crippen LogP contribution < -0.4 is 21.3 Å². The predicted molar refractivity (Wildman–Crippen MR) is 135 cm³/mol. The summed E-state index contributed by atoms with van der Waals surface area (Å²) in [6.07, 6.45) is 2.91. The molecule has 2 aromatic carbocycles. The minimum absolute atomic E-state index is 0. The number of halogens is 1. The van der Waals surface area contributed by atoms with E-state index in [-0.39, 0.29) is 29.7 Å². The molecule has 0 spiro atoms. The third kappa shape index (κ3) is 3.50. The van der Waals surface area contributed by atoms with Crippen LogP contribution in [0.2, 0.25) is 0 Å². The topological polar surface area (TPSA) is 76.1 Å². The number of aromatic amines is 1. The molecule has 4 aromatic rings. The summed E-state index contributed by atoms with van der Waals surface area (Å²) in [5, 5.41) is 4.61. The number of H-pyrrole nitrogens is 1. The van der Waals surface area contributed by atoms with Crippen LogP contribution in [-0.4, -0.2) is 29.2 Å². The molecule has 6 rings (SSSR count). The molecule has 2 aliphatic rings. The van der Waals surface area contributed by atoms with Crippen molar-refractivity contribution in [2.24, 2.45) is 5.92 Å². The highest BCUT2D eigenvalue weighted by atomic mass is 35.5. The Labute approximate surface area is 201 Å². The molecule has 33 heavy (non-hydrogen) atoms. The number of rotatable bonds is 4. The number of hydrogen-bond acceptors (Lipinski definition) is 5. The van der Waals surface area contributed by atoms with Gasteiger partial charge in [0.2, 0.25) is 0 Å². The van der Waals surface area contributed by atoms with Crippen LogP contribution in [0, 0.1) is 5.92 Å². The van der Waals surface area contributed by atoms with Crippen LogP contribution in [0.1, 0.15) is 29.9 Å². The van der Waals surface area contributed by atoms with Crippen molar-refractivity contribution >= 4 is 44.0 Å². The first-order valence-electron chi connectivity index (χ1n) is 11.2. The smallest absolute Gasteiger partial charge is 0.328 e. The zero-order valence-corrected chi connectivity index (χ0v) is 19.9. The van der Waals surface area contributed by atoms with Crippen LogP contribution in [0.4, 0.5) is 0 Å². The summed E-state index contributed by atoms with van der Waals surface area (Å²) in [5.74, 6) is 1.94. The molecule has 0 bridgehead atoms. The van der Waals surface area contributed by atoms with Gasteiger partial charge in [-0.15, -0.1) is 23.7 Å². The molecule has 2 aromatic heterocycles. The summed E-state index contributed by atoms with van der Waals surface area (Å²) in [6.45, 7) is 1.38. The molecule has 1 saturated heterocycles. The maximum Gasteiger partial charge on any atom is 0.328 e. The maximum atomic E-state index is 13.2. The van der Waals surface area contributed by atoms with Gasteiger partial charge >= 0.3 is 5.69 Å². The largest absolute Gasteiger partial charge is 0.496 e. The molecule has 172 valence electrons. The summed E-state index contributed by atoms with van der Waals surface area (Å²) in [6, 6.07) is 14.4. The van der Waals surface area contributed by atoms with Crippen molar-refractivity contribution < 1.29 is 4.74 Å². The number of hydrogen-bond donors (Lipinski definition) is 2. The first-order chi connectivity index (χ1) is 15.7. The summed E-state index contributed by atoms with van der Waals surface area (Å²) in [4.78, 5) is 29.0. The van der Waals surface area contributed by atoms with Crippen LogP contribution in [0.15, 0.2) is 52.1 Å². The second-order valence-corrected chi connectivity index (χ2v) is 9.90. The van der Waals surface area contributed by atoms with E-state index in [1.54, 1.807) is 7.11 Å². The maximum absolute atomic E-state index is 13.2. The molecule has 0 saturated carbocycles. The van der Waals surface area contributed by atoms with Crippen molar-refractivity contribution in [2.45, 2.75) is 37.8 Å². The van der Waals surface area contributed by atoms with Crippen molar-refractivity contribution in [1.82, 2.24) is 14.9 Å². The molecule has 0 radical (unpaired) electrons. The van der Waals surface area contributed by atoms with E-state index in [2.05, 4.69) is 22.4 Å². The third-order valence-corrected chi connectivity index (χ3v) is 8.43. The number of nitrogens with one attached hydrogen (secondary N) is 2. The number of fused-ring (bicyclic) bond motifs is 6. The van der Waals surface area contributed by atoms with Gasteiger partial charge < -0.3 is 15.0 Å². The number of methoxy groups -OCH3 is 1. The molecule has 8 heteroatoms. The highest BCUT2D eigenvalue weighted by Crippen LogP contribution is 2.45. The molecular formula is C25H26ClN3O3S. The van der Waals surface area contributed by atoms with Gasteiger partial charge in [-0.05, 0) is 55.0 Å². The van der Waals surface area contributed by atoms with Gasteiger partial charge in [0.15, 0.2) is 0 Å². The van der Waals surface area contributed by atoms with Crippen LogP contribution in [-0.2, 0) is 13.0 Å².